The Bertz CT molecular complexity index is 813. The van der Waals surface area contributed by atoms with Gasteiger partial charge in [0.1, 0.15) is 24.1 Å². The van der Waals surface area contributed by atoms with Crippen LogP contribution in [0.2, 0.25) is 0 Å². The first kappa shape index (κ1) is 20.3. The predicted octanol–water partition coefficient (Wildman–Crippen LogP) is 4.80. The van der Waals surface area contributed by atoms with Crippen LogP contribution in [0.4, 0.5) is 4.39 Å². The third kappa shape index (κ3) is 6.99. The maximum atomic E-state index is 14.4. The second-order valence-corrected chi connectivity index (χ2v) is 6.40. The van der Waals surface area contributed by atoms with Gasteiger partial charge in [-0.05, 0) is 43.5 Å². The number of halogens is 1. The molecule has 27 heavy (non-hydrogen) atoms. The van der Waals surface area contributed by atoms with Crippen LogP contribution < -0.4 is 9.47 Å². The summed E-state index contributed by atoms with van der Waals surface area (Å²) in [6.45, 7) is 3.73. The smallest absolute Gasteiger partial charge is 0.176 e. The summed E-state index contributed by atoms with van der Waals surface area (Å²) in [4.78, 5) is 8.46. The van der Waals surface area contributed by atoms with Crippen molar-refractivity contribution in [1.82, 2.24) is 9.97 Å². The van der Waals surface area contributed by atoms with E-state index >= 15 is 0 Å². The summed E-state index contributed by atoms with van der Waals surface area (Å²) in [5.41, 5.74) is -0.510. The molecule has 1 atom stereocenters. The fourth-order valence-electron chi connectivity index (χ4n) is 2.38. The van der Waals surface area contributed by atoms with Crippen molar-refractivity contribution in [3.63, 3.8) is 0 Å². The SMILES string of the molecule is C#CC#COc1cnc(-c2ccc(OC[C@@](C)(F)CCCCC)cc2)nc1. The predicted molar refractivity (Wildman–Crippen MR) is 104 cm³/mol. The van der Waals surface area contributed by atoms with E-state index in [4.69, 9.17) is 15.9 Å². The molecule has 0 N–H and O–H groups in total. The molecule has 1 aromatic carbocycles. The monoisotopic (exact) mass is 366 g/mol. The Labute approximate surface area is 160 Å². The lowest BCUT2D eigenvalue weighted by molar-refractivity contribution is 0.0907. The summed E-state index contributed by atoms with van der Waals surface area (Å²) >= 11 is 0. The van der Waals surface area contributed by atoms with E-state index in [-0.39, 0.29) is 6.61 Å². The van der Waals surface area contributed by atoms with E-state index in [9.17, 15) is 4.39 Å². The van der Waals surface area contributed by atoms with Crippen LogP contribution in [0.5, 0.6) is 11.5 Å². The van der Waals surface area contributed by atoms with Gasteiger partial charge in [-0.25, -0.2) is 14.4 Å². The number of ether oxygens (including phenoxy) is 2. The first-order chi connectivity index (χ1) is 13.0. The first-order valence-electron chi connectivity index (χ1n) is 8.91. The molecule has 0 aliphatic carbocycles. The molecule has 0 spiro atoms. The van der Waals surface area contributed by atoms with E-state index in [2.05, 4.69) is 34.8 Å². The number of alkyl halides is 1. The molecule has 0 radical (unpaired) electrons. The lowest BCUT2D eigenvalue weighted by Gasteiger charge is -2.20. The molecule has 2 rings (SSSR count). The van der Waals surface area contributed by atoms with Crippen molar-refractivity contribution < 1.29 is 13.9 Å². The average molecular weight is 366 g/mol. The zero-order valence-corrected chi connectivity index (χ0v) is 15.7. The molecule has 2 aromatic rings. The number of aromatic nitrogens is 2. The topological polar surface area (TPSA) is 44.2 Å². The third-order valence-corrected chi connectivity index (χ3v) is 3.87. The first-order valence-corrected chi connectivity index (χ1v) is 8.91. The van der Waals surface area contributed by atoms with Crippen molar-refractivity contribution in [1.29, 1.82) is 0 Å². The van der Waals surface area contributed by atoms with Crippen molar-refractivity contribution >= 4 is 0 Å². The molecule has 0 aliphatic heterocycles. The Kier molecular flexibility index (Phi) is 7.64. The summed E-state index contributed by atoms with van der Waals surface area (Å²) in [6, 6.07) is 7.22. The normalized spacial score (nSPS) is 12.2. The van der Waals surface area contributed by atoms with Gasteiger partial charge in [0.25, 0.3) is 0 Å². The number of terminal acetylenes is 1. The van der Waals surface area contributed by atoms with Crippen molar-refractivity contribution in [2.75, 3.05) is 6.61 Å². The van der Waals surface area contributed by atoms with Crippen molar-refractivity contribution in [3.05, 3.63) is 36.7 Å². The number of nitrogens with zero attached hydrogens (tertiary/aromatic N) is 2. The lowest BCUT2D eigenvalue weighted by Crippen LogP contribution is -2.27. The standard InChI is InChI=1S/C22H23FN2O2/c1-4-6-8-13-22(3,23)17-27-19-11-9-18(10-12-19)21-24-15-20(16-25-21)26-14-7-5-2/h2,9-12,15-16H,4,6,8,13,17H2,1,3H3/t22-/m0/s1. The van der Waals surface area contributed by atoms with Crippen LogP contribution in [0.3, 0.4) is 0 Å². The summed E-state index contributed by atoms with van der Waals surface area (Å²) in [7, 11) is 0. The second-order valence-electron chi connectivity index (χ2n) is 6.40. The Morgan fingerprint density at radius 3 is 2.44 bits per heavy atom. The summed E-state index contributed by atoms with van der Waals surface area (Å²) in [5.74, 6) is 6.05. The third-order valence-electron chi connectivity index (χ3n) is 3.87. The average Bonchev–Trinajstić information content (AvgIpc) is 2.68. The molecule has 0 fully saturated rings. The minimum atomic E-state index is -1.32. The molecule has 5 heteroatoms. The van der Waals surface area contributed by atoms with Gasteiger partial charge in [-0.1, -0.05) is 26.2 Å². The fraction of sp³-hybridized carbons (Fsp3) is 0.364. The summed E-state index contributed by atoms with van der Waals surface area (Å²) in [6.07, 6.45) is 13.9. The quantitative estimate of drug-likeness (QED) is 0.472. The minimum Gasteiger partial charge on any atom is -0.490 e. The maximum absolute atomic E-state index is 14.4. The van der Waals surface area contributed by atoms with Gasteiger partial charge in [-0.15, -0.1) is 6.42 Å². The Morgan fingerprint density at radius 1 is 1.11 bits per heavy atom. The van der Waals surface area contributed by atoms with E-state index in [1.807, 2.05) is 12.1 Å². The number of unbranched alkanes of at least 4 members (excludes halogenated alkanes) is 2. The number of hydrogen-bond acceptors (Lipinski definition) is 4. The highest BCUT2D eigenvalue weighted by Crippen LogP contribution is 2.24. The fourth-order valence-corrected chi connectivity index (χ4v) is 2.38. The molecule has 0 saturated carbocycles. The van der Waals surface area contributed by atoms with Gasteiger partial charge in [0.15, 0.2) is 11.6 Å². The molecular weight excluding hydrogens is 343 g/mol. The molecule has 0 unspecified atom stereocenters. The second kappa shape index (κ2) is 10.2. The van der Waals surface area contributed by atoms with Crippen LogP contribution in [0.1, 0.15) is 39.5 Å². The Balaban J connectivity index is 1.92. The van der Waals surface area contributed by atoms with E-state index < -0.39 is 5.67 Å². The van der Waals surface area contributed by atoms with Gasteiger partial charge in [0.2, 0.25) is 0 Å². The molecule has 0 bridgehead atoms. The zero-order chi connectivity index (χ0) is 19.5. The van der Waals surface area contributed by atoms with Crippen molar-refractivity contribution in [2.45, 2.75) is 45.2 Å². The number of benzene rings is 1. The van der Waals surface area contributed by atoms with Gasteiger partial charge >= 0.3 is 0 Å². The summed E-state index contributed by atoms with van der Waals surface area (Å²) in [5, 5.41) is 0. The molecule has 4 nitrogen and oxygen atoms in total. The molecule has 0 aliphatic rings. The van der Waals surface area contributed by atoms with Crippen LogP contribution in [0.25, 0.3) is 11.4 Å². The van der Waals surface area contributed by atoms with Crippen LogP contribution in [-0.2, 0) is 0 Å². The molecule has 1 aromatic heterocycles. The van der Waals surface area contributed by atoms with Crippen molar-refractivity contribution in [2.24, 2.45) is 0 Å². The van der Waals surface area contributed by atoms with Crippen LogP contribution in [0, 0.1) is 24.4 Å². The molecule has 0 saturated heterocycles. The Hall–Kier alpha value is -3.05. The maximum Gasteiger partial charge on any atom is 0.176 e. The van der Waals surface area contributed by atoms with Crippen molar-refractivity contribution in [3.8, 4) is 47.3 Å². The molecular formula is C22H23FN2O2. The van der Waals surface area contributed by atoms with Crippen LogP contribution in [-0.4, -0.2) is 22.2 Å². The number of hydrogen-bond donors (Lipinski definition) is 0. The van der Waals surface area contributed by atoms with E-state index in [0.717, 1.165) is 24.8 Å². The van der Waals surface area contributed by atoms with Gasteiger partial charge in [0.05, 0.1) is 12.4 Å². The highest BCUT2D eigenvalue weighted by atomic mass is 19.1. The molecule has 140 valence electrons. The highest BCUT2D eigenvalue weighted by Gasteiger charge is 2.23. The van der Waals surface area contributed by atoms with Gasteiger partial charge < -0.3 is 9.47 Å². The molecule has 0 amide bonds. The molecule has 1 heterocycles. The Morgan fingerprint density at radius 2 is 1.81 bits per heavy atom. The summed E-state index contributed by atoms with van der Waals surface area (Å²) < 4.78 is 25.1. The largest absolute Gasteiger partial charge is 0.490 e. The van der Waals surface area contributed by atoms with E-state index in [1.54, 1.807) is 19.1 Å². The number of rotatable bonds is 9. The lowest BCUT2D eigenvalue weighted by atomic mass is 10.0. The van der Waals surface area contributed by atoms with Gasteiger partial charge in [0, 0.05) is 11.5 Å². The van der Waals surface area contributed by atoms with Gasteiger partial charge in [-0.3, -0.25) is 0 Å². The zero-order valence-electron chi connectivity index (χ0n) is 15.7. The van der Waals surface area contributed by atoms with Gasteiger partial charge in [-0.2, -0.15) is 0 Å². The van der Waals surface area contributed by atoms with E-state index in [1.165, 1.54) is 12.4 Å². The van der Waals surface area contributed by atoms with Crippen LogP contribution in [0.15, 0.2) is 36.7 Å². The van der Waals surface area contributed by atoms with E-state index in [0.29, 0.717) is 23.7 Å². The minimum absolute atomic E-state index is 0.0390. The van der Waals surface area contributed by atoms with Crippen LogP contribution >= 0.6 is 0 Å². The highest BCUT2D eigenvalue weighted by molar-refractivity contribution is 5.56.